The largest absolute Gasteiger partial charge is 0.475 e. The lowest BCUT2D eigenvalue weighted by Crippen LogP contribution is -2.08. The van der Waals surface area contributed by atoms with Crippen LogP contribution in [-0.2, 0) is 0 Å². The van der Waals surface area contributed by atoms with Crippen LogP contribution >= 0.6 is 0 Å². The van der Waals surface area contributed by atoms with E-state index in [-0.39, 0.29) is 0 Å². The first-order chi connectivity index (χ1) is 7.16. The molecule has 0 spiro atoms. The van der Waals surface area contributed by atoms with Gasteiger partial charge in [0.1, 0.15) is 5.82 Å². The molecule has 2 aromatic heterocycles. The predicted octanol–water partition coefficient (Wildman–Crippen LogP) is 1.35. The molecule has 2 aromatic rings. The zero-order valence-electron chi connectivity index (χ0n) is 8.84. The van der Waals surface area contributed by atoms with Gasteiger partial charge in [-0.3, -0.25) is 4.40 Å². The molecule has 0 saturated heterocycles. The molecule has 0 aliphatic rings. The Morgan fingerprint density at radius 3 is 3.07 bits per heavy atom. The van der Waals surface area contributed by atoms with Gasteiger partial charge in [-0.2, -0.15) is 4.98 Å². The smallest absolute Gasteiger partial charge is 0.260 e. The van der Waals surface area contributed by atoms with Gasteiger partial charge >= 0.3 is 0 Å². The number of nitrogens with two attached hydrogens (primary N) is 1. The summed E-state index contributed by atoms with van der Waals surface area (Å²) in [6.45, 7) is 4.77. The Kier molecular flexibility index (Phi) is 2.45. The molecule has 0 radical (unpaired) electrons. The zero-order chi connectivity index (χ0) is 10.8. The van der Waals surface area contributed by atoms with E-state index in [2.05, 4.69) is 23.8 Å². The van der Waals surface area contributed by atoms with E-state index >= 15 is 0 Å². The monoisotopic (exact) mass is 206 g/mol. The lowest BCUT2D eigenvalue weighted by Gasteiger charge is -2.08. The van der Waals surface area contributed by atoms with Crippen LogP contribution in [0.4, 0.5) is 5.82 Å². The molecule has 0 atom stereocenters. The van der Waals surface area contributed by atoms with Crippen molar-refractivity contribution >= 4 is 11.5 Å². The van der Waals surface area contributed by atoms with Crippen LogP contribution in [0.3, 0.4) is 0 Å². The van der Waals surface area contributed by atoms with Gasteiger partial charge in [0.05, 0.1) is 12.8 Å². The molecule has 0 aliphatic heterocycles. The number of hydrogen-bond acceptors (Lipinski definition) is 4. The summed E-state index contributed by atoms with van der Waals surface area (Å²) >= 11 is 0. The third-order valence-electron chi connectivity index (χ3n) is 1.92. The maximum atomic E-state index is 5.65. The van der Waals surface area contributed by atoms with Crippen LogP contribution in [0.5, 0.6) is 5.88 Å². The van der Waals surface area contributed by atoms with E-state index in [1.807, 2.05) is 6.20 Å². The molecule has 0 fully saturated rings. The van der Waals surface area contributed by atoms with Crippen molar-refractivity contribution in [3.63, 3.8) is 0 Å². The highest BCUT2D eigenvalue weighted by molar-refractivity contribution is 5.52. The Bertz CT molecular complexity index is 463. The van der Waals surface area contributed by atoms with Crippen LogP contribution in [0.15, 0.2) is 18.6 Å². The molecule has 2 rings (SSSR count). The van der Waals surface area contributed by atoms with E-state index in [0.29, 0.717) is 29.9 Å². The van der Waals surface area contributed by atoms with Crippen molar-refractivity contribution in [3.05, 3.63) is 18.6 Å². The summed E-state index contributed by atoms with van der Waals surface area (Å²) in [5.74, 6) is 1.37. The third-order valence-corrected chi connectivity index (χ3v) is 1.92. The van der Waals surface area contributed by atoms with Crippen LogP contribution in [0.2, 0.25) is 0 Å². The fourth-order valence-electron chi connectivity index (χ4n) is 1.26. The summed E-state index contributed by atoms with van der Waals surface area (Å²) in [5, 5.41) is 0. The van der Waals surface area contributed by atoms with Gasteiger partial charge in [-0.1, -0.05) is 13.8 Å². The third kappa shape index (κ3) is 2.01. The summed E-state index contributed by atoms with van der Waals surface area (Å²) in [6, 6.07) is 0. The highest BCUT2D eigenvalue weighted by Gasteiger charge is 2.07. The van der Waals surface area contributed by atoms with E-state index in [1.54, 1.807) is 16.8 Å². The number of ether oxygens (including phenoxy) is 1. The second-order valence-electron chi connectivity index (χ2n) is 3.83. The molecule has 0 saturated carbocycles. The first-order valence-corrected chi connectivity index (χ1v) is 4.89. The SMILES string of the molecule is CC(C)COc1nc(N)cn2ccnc12. The van der Waals surface area contributed by atoms with Crippen molar-refractivity contribution in [1.82, 2.24) is 14.4 Å². The van der Waals surface area contributed by atoms with Crippen LogP contribution in [0, 0.1) is 5.92 Å². The molecule has 5 nitrogen and oxygen atoms in total. The highest BCUT2D eigenvalue weighted by atomic mass is 16.5. The molecule has 80 valence electrons. The Balaban J connectivity index is 2.35. The number of aromatic nitrogens is 3. The number of fused-ring (bicyclic) bond motifs is 1. The van der Waals surface area contributed by atoms with Crippen molar-refractivity contribution in [2.45, 2.75) is 13.8 Å². The second kappa shape index (κ2) is 3.76. The normalized spacial score (nSPS) is 11.1. The molecule has 0 bridgehead atoms. The van der Waals surface area contributed by atoms with Crippen molar-refractivity contribution in [2.24, 2.45) is 5.92 Å². The van der Waals surface area contributed by atoms with E-state index in [1.165, 1.54) is 0 Å². The number of anilines is 1. The lowest BCUT2D eigenvalue weighted by atomic mass is 10.2. The fraction of sp³-hybridized carbons (Fsp3) is 0.400. The Morgan fingerprint density at radius 2 is 2.33 bits per heavy atom. The molecular weight excluding hydrogens is 192 g/mol. The van der Waals surface area contributed by atoms with Crippen LogP contribution < -0.4 is 10.5 Å². The topological polar surface area (TPSA) is 65.4 Å². The quantitative estimate of drug-likeness (QED) is 0.823. The molecule has 0 amide bonds. The molecule has 0 aliphatic carbocycles. The minimum atomic E-state index is 0.430. The van der Waals surface area contributed by atoms with Gasteiger partial charge in [0.2, 0.25) is 5.65 Å². The van der Waals surface area contributed by atoms with Gasteiger partial charge in [-0.25, -0.2) is 4.98 Å². The maximum absolute atomic E-state index is 5.65. The summed E-state index contributed by atoms with van der Waals surface area (Å²) in [6.07, 6.45) is 5.22. The lowest BCUT2D eigenvalue weighted by molar-refractivity contribution is 0.263. The zero-order valence-corrected chi connectivity index (χ0v) is 8.84. The molecule has 5 heteroatoms. The van der Waals surface area contributed by atoms with Gasteiger partial charge in [-0.05, 0) is 5.92 Å². The van der Waals surface area contributed by atoms with Gasteiger partial charge < -0.3 is 10.5 Å². The molecule has 15 heavy (non-hydrogen) atoms. The standard InChI is InChI=1S/C10H14N4O/c1-7(2)6-15-10-9-12-3-4-14(9)5-8(11)13-10/h3-5,7H,6,11H2,1-2H3. The highest BCUT2D eigenvalue weighted by Crippen LogP contribution is 2.17. The molecule has 2 heterocycles. The summed E-state index contributed by atoms with van der Waals surface area (Å²) in [4.78, 5) is 8.28. The van der Waals surface area contributed by atoms with Crippen LogP contribution in [0.1, 0.15) is 13.8 Å². The van der Waals surface area contributed by atoms with Crippen molar-refractivity contribution in [3.8, 4) is 5.88 Å². The number of hydrogen-bond donors (Lipinski definition) is 1. The summed E-state index contributed by atoms with van der Waals surface area (Å²) in [7, 11) is 0. The predicted molar refractivity (Wildman–Crippen MR) is 57.7 cm³/mol. The minimum absolute atomic E-state index is 0.430. The molecule has 0 aromatic carbocycles. The molecular formula is C10H14N4O. The van der Waals surface area contributed by atoms with Gasteiger partial charge in [0.25, 0.3) is 5.88 Å². The van der Waals surface area contributed by atoms with Crippen LogP contribution in [-0.4, -0.2) is 21.0 Å². The number of nitrogens with zero attached hydrogens (tertiary/aromatic N) is 3. The molecule has 0 unspecified atom stereocenters. The average Bonchev–Trinajstić information content (AvgIpc) is 2.61. The summed E-state index contributed by atoms with van der Waals surface area (Å²) in [5.41, 5.74) is 6.35. The van der Waals surface area contributed by atoms with Crippen molar-refractivity contribution in [1.29, 1.82) is 0 Å². The summed E-state index contributed by atoms with van der Waals surface area (Å²) < 4.78 is 7.35. The van der Waals surface area contributed by atoms with Gasteiger partial charge in [-0.15, -0.1) is 0 Å². The van der Waals surface area contributed by atoms with Crippen molar-refractivity contribution in [2.75, 3.05) is 12.3 Å². The number of rotatable bonds is 3. The first kappa shape index (κ1) is 9.76. The fourth-order valence-corrected chi connectivity index (χ4v) is 1.26. The Labute approximate surface area is 87.9 Å². The average molecular weight is 206 g/mol. The Morgan fingerprint density at radius 1 is 1.53 bits per heavy atom. The number of nitrogen functional groups attached to an aromatic ring is 1. The van der Waals surface area contributed by atoms with E-state index in [9.17, 15) is 0 Å². The van der Waals surface area contributed by atoms with E-state index < -0.39 is 0 Å². The molecule has 2 N–H and O–H groups in total. The van der Waals surface area contributed by atoms with Crippen LogP contribution in [0.25, 0.3) is 5.65 Å². The second-order valence-corrected chi connectivity index (χ2v) is 3.83. The van der Waals surface area contributed by atoms with Gasteiger partial charge in [0, 0.05) is 12.4 Å². The Hall–Kier alpha value is -1.78. The van der Waals surface area contributed by atoms with E-state index in [0.717, 1.165) is 0 Å². The first-order valence-electron chi connectivity index (χ1n) is 4.89. The maximum Gasteiger partial charge on any atom is 0.260 e. The van der Waals surface area contributed by atoms with Gasteiger partial charge in [0.15, 0.2) is 0 Å². The minimum Gasteiger partial charge on any atom is -0.475 e. The van der Waals surface area contributed by atoms with Crippen molar-refractivity contribution < 1.29 is 4.74 Å². The van der Waals surface area contributed by atoms with E-state index in [4.69, 9.17) is 10.5 Å². The number of imidazole rings is 1.